The third-order valence-corrected chi connectivity index (χ3v) is 1.53. The molecule has 0 aromatic carbocycles. The molecule has 1 heterocycles. The summed E-state index contributed by atoms with van der Waals surface area (Å²) in [5.74, 6) is 1.18. The Morgan fingerprint density at radius 1 is 1.33 bits per heavy atom. The van der Waals surface area contributed by atoms with Gasteiger partial charge >= 0.3 is 0 Å². The van der Waals surface area contributed by atoms with E-state index in [1.54, 1.807) is 0 Å². The molecule has 0 aromatic heterocycles. The summed E-state index contributed by atoms with van der Waals surface area (Å²) >= 11 is 0. The van der Waals surface area contributed by atoms with Crippen molar-refractivity contribution in [2.24, 2.45) is 0 Å². The molecule has 1 nitrogen and oxygen atoms in total. The highest BCUT2D eigenvalue weighted by Gasteiger charge is 2.17. The van der Waals surface area contributed by atoms with Crippen molar-refractivity contribution in [3.8, 4) is 0 Å². The van der Waals surface area contributed by atoms with Crippen LogP contribution in [0.25, 0.3) is 0 Å². The van der Waals surface area contributed by atoms with Gasteiger partial charge in [-0.15, -0.1) is 0 Å². The molecule has 1 aliphatic carbocycles. The number of hydrogen-bond acceptors (Lipinski definition) is 1. The minimum atomic E-state index is 0.855. The molecule has 0 amide bonds. The van der Waals surface area contributed by atoms with Crippen molar-refractivity contribution in [1.29, 1.82) is 0 Å². The topological polar surface area (TPSA) is 12.5 Å². The molecule has 2 rings (SSSR count). The van der Waals surface area contributed by atoms with Crippen LogP contribution in [0.5, 0.6) is 0 Å². The Morgan fingerprint density at radius 2 is 2.22 bits per heavy atom. The molecule has 1 heteroatoms. The zero-order valence-corrected chi connectivity index (χ0v) is 5.13. The summed E-state index contributed by atoms with van der Waals surface area (Å²) < 4.78 is 5.04. The van der Waals surface area contributed by atoms with Crippen LogP contribution >= 0.6 is 0 Å². The van der Waals surface area contributed by atoms with Crippen LogP contribution in [0.15, 0.2) is 35.6 Å². The molecule has 0 atom stereocenters. The van der Waals surface area contributed by atoms with Gasteiger partial charge in [0.25, 0.3) is 0 Å². The molecule has 0 saturated carbocycles. The SMILES string of the molecule is C1=CCC(=C2CO2)C=C1. The standard InChI is InChI=1S/C8H8O/c1-2-4-7(5-3-1)8-6-9-8/h1-4H,5-6H2. The lowest BCUT2D eigenvalue weighted by Gasteiger charge is -1.96. The van der Waals surface area contributed by atoms with Crippen LogP contribution in [0.2, 0.25) is 0 Å². The second-order valence-electron chi connectivity index (χ2n) is 2.23. The Morgan fingerprint density at radius 3 is 2.78 bits per heavy atom. The number of ether oxygens (including phenoxy) is 1. The van der Waals surface area contributed by atoms with E-state index in [1.807, 2.05) is 6.08 Å². The van der Waals surface area contributed by atoms with Crippen molar-refractivity contribution in [2.45, 2.75) is 6.42 Å². The van der Waals surface area contributed by atoms with E-state index in [9.17, 15) is 0 Å². The maximum Gasteiger partial charge on any atom is 0.145 e. The maximum atomic E-state index is 5.04. The fourth-order valence-electron chi connectivity index (χ4n) is 0.942. The summed E-state index contributed by atoms with van der Waals surface area (Å²) in [6, 6.07) is 0. The summed E-state index contributed by atoms with van der Waals surface area (Å²) in [6.07, 6.45) is 9.41. The fraction of sp³-hybridized carbons (Fsp3) is 0.250. The van der Waals surface area contributed by atoms with Crippen LogP contribution in [-0.4, -0.2) is 6.61 Å². The molecule has 46 valence electrons. The van der Waals surface area contributed by atoms with Crippen LogP contribution in [-0.2, 0) is 4.74 Å². The third-order valence-electron chi connectivity index (χ3n) is 1.53. The summed E-state index contributed by atoms with van der Waals surface area (Å²) in [7, 11) is 0. The van der Waals surface area contributed by atoms with Gasteiger partial charge in [-0.2, -0.15) is 0 Å². The second kappa shape index (κ2) is 1.76. The van der Waals surface area contributed by atoms with E-state index in [1.165, 1.54) is 11.3 Å². The van der Waals surface area contributed by atoms with Gasteiger partial charge in [0.1, 0.15) is 12.4 Å². The van der Waals surface area contributed by atoms with E-state index in [0.717, 1.165) is 13.0 Å². The van der Waals surface area contributed by atoms with E-state index in [-0.39, 0.29) is 0 Å². The van der Waals surface area contributed by atoms with Gasteiger partial charge in [-0.05, 0) is 12.0 Å². The molecule has 0 aromatic rings. The van der Waals surface area contributed by atoms with Crippen LogP contribution in [0.1, 0.15) is 6.42 Å². The quantitative estimate of drug-likeness (QED) is 0.444. The molecule has 2 aliphatic rings. The van der Waals surface area contributed by atoms with E-state index in [0.29, 0.717) is 0 Å². The molecular weight excluding hydrogens is 112 g/mol. The molecule has 1 aliphatic heterocycles. The van der Waals surface area contributed by atoms with E-state index in [4.69, 9.17) is 4.74 Å². The van der Waals surface area contributed by atoms with Crippen LogP contribution in [0, 0.1) is 0 Å². The summed E-state index contributed by atoms with van der Waals surface area (Å²) in [5, 5.41) is 0. The lowest BCUT2D eigenvalue weighted by molar-refractivity contribution is 0.507. The highest BCUT2D eigenvalue weighted by molar-refractivity contribution is 5.34. The Bertz CT molecular complexity index is 203. The van der Waals surface area contributed by atoms with Gasteiger partial charge < -0.3 is 4.74 Å². The van der Waals surface area contributed by atoms with Gasteiger partial charge in [0, 0.05) is 0 Å². The van der Waals surface area contributed by atoms with Gasteiger partial charge in [0.2, 0.25) is 0 Å². The highest BCUT2D eigenvalue weighted by atomic mass is 16.6. The number of epoxide rings is 1. The third kappa shape index (κ3) is 0.900. The monoisotopic (exact) mass is 120 g/mol. The second-order valence-corrected chi connectivity index (χ2v) is 2.23. The molecular formula is C8H8O. The van der Waals surface area contributed by atoms with Gasteiger partial charge in [0.05, 0.1) is 0 Å². The number of hydrogen-bond donors (Lipinski definition) is 0. The van der Waals surface area contributed by atoms with E-state index >= 15 is 0 Å². The van der Waals surface area contributed by atoms with Crippen molar-refractivity contribution < 1.29 is 4.74 Å². The zero-order chi connectivity index (χ0) is 6.10. The van der Waals surface area contributed by atoms with Gasteiger partial charge in [-0.1, -0.05) is 24.3 Å². The minimum Gasteiger partial charge on any atom is -0.486 e. The molecule has 0 spiro atoms. The van der Waals surface area contributed by atoms with E-state index < -0.39 is 0 Å². The molecule has 0 radical (unpaired) electrons. The first-order valence-corrected chi connectivity index (χ1v) is 3.15. The van der Waals surface area contributed by atoms with Crippen molar-refractivity contribution in [3.05, 3.63) is 35.6 Å². The van der Waals surface area contributed by atoms with Gasteiger partial charge in [-0.25, -0.2) is 0 Å². The average molecular weight is 120 g/mol. The average Bonchev–Trinajstić information content (AvgIpc) is 2.71. The Labute approximate surface area is 54.3 Å². The highest BCUT2D eigenvalue weighted by Crippen LogP contribution is 2.24. The maximum absolute atomic E-state index is 5.04. The fourth-order valence-corrected chi connectivity index (χ4v) is 0.942. The lowest BCUT2D eigenvalue weighted by Crippen LogP contribution is -1.79. The normalized spacial score (nSPS) is 30.2. The van der Waals surface area contributed by atoms with Crippen LogP contribution < -0.4 is 0 Å². The summed E-state index contributed by atoms with van der Waals surface area (Å²) in [6.45, 7) is 0.855. The van der Waals surface area contributed by atoms with Crippen molar-refractivity contribution >= 4 is 0 Å². The summed E-state index contributed by atoms with van der Waals surface area (Å²) in [5.41, 5.74) is 1.34. The first kappa shape index (κ1) is 4.86. The molecule has 1 fully saturated rings. The predicted molar refractivity (Wildman–Crippen MR) is 35.9 cm³/mol. The Kier molecular flexibility index (Phi) is 0.950. The molecule has 0 N–H and O–H groups in total. The lowest BCUT2D eigenvalue weighted by atomic mass is 10.1. The van der Waals surface area contributed by atoms with Crippen molar-refractivity contribution in [1.82, 2.24) is 0 Å². The largest absolute Gasteiger partial charge is 0.486 e. The molecule has 0 bridgehead atoms. The Balaban J connectivity index is 2.24. The number of allylic oxidation sites excluding steroid dienone is 5. The van der Waals surface area contributed by atoms with Gasteiger partial charge in [0.15, 0.2) is 0 Å². The van der Waals surface area contributed by atoms with Crippen LogP contribution in [0.4, 0.5) is 0 Å². The first-order valence-electron chi connectivity index (χ1n) is 3.15. The first-order chi connectivity index (χ1) is 4.47. The van der Waals surface area contributed by atoms with Crippen LogP contribution in [0.3, 0.4) is 0 Å². The minimum absolute atomic E-state index is 0.855. The zero-order valence-electron chi connectivity index (χ0n) is 5.13. The van der Waals surface area contributed by atoms with E-state index in [2.05, 4.69) is 18.2 Å². The summed E-state index contributed by atoms with van der Waals surface area (Å²) in [4.78, 5) is 0. The predicted octanol–water partition coefficient (Wildman–Crippen LogP) is 1.79. The molecule has 1 saturated heterocycles. The van der Waals surface area contributed by atoms with Crippen molar-refractivity contribution in [3.63, 3.8) is 0 Å². The number of rotatable bonds is 0. The smallest absolute Gasteiger partial charge is 0.145 e. The molecule has 0 unspecified atom stereocenters. The van der Waals surface area contributed by atoms with Crippen molar-refractivity contribution in [2.75, 3.05) is 6.61 Å². The Hall–Kier alpha value is -0.980. The van der Waals surface area contributed by atoms with Gasteiger partial charge in [-0.3, -0.25) is 0 Å². The molecule has 9 heavy (non-hydrogen) atoms.